The van der Waals surface area contributed by atoms with Crippen LogP contribution in [-0.4, -0.2) is 41.9 Å². The molecule has 2 aromatic carbocycles. The van der Waals surface area contributed by atoms with Gasteiger partial charge in [0.2, 0.25) is 5.91 Å². The highest BCUT2D eigenvalue weighted by molar-refractivity contribution is 5.76. The van der Waals surface area contributed by atoms with Crippen LogP contribution >= 0.6 is 0 Å². The zero-order valence-corrected chi connectivity index (χ0v) is 17.1. The summed E-state index contributed by atoms with van der Waals surface area (Å²) in [7, 11) is 0. The Morgan fingerprint density at radius 1 is 0.900 bits per heavy atom. The molecule has 1 amide bonds. The number of aryl methyl sites for hydroxylation is 1. The first-order valence-electron chi connectivity index (χ1n) is 10.6. The first-order chi connectivity index (χ1) is 14.7. The quantitative estimate of drug-likeness (QED) is 0.593. The second-order valence-electron chi connectivity index (χ2n) is 7.74. The minimum Gasteiger partial charge on any atom is -0.461 e. The summed E-state index contributed by atoms with van der Waals surface area (Å²) in [6, 6.07) is 20.6. The number of hydrogen-bond acceptors (Lipinski definition) is 3. The van der Waals surface area contributed by atoms with Crippen LogP contribution in [0.1, 0.15) is 24.2 Å². The standard InChI is InChI=1S/C25H27FN2O2/c26-23-10-5-4-9-22(23)24-13-11-21(30-24)12-14-25(29)28-16-6-15-27(17-18-28)19-20-7-2-1-3-8-20/h1-5,7-11,13H,6,12,14-19H2. The molecule has 4 rings (SSSR count). The van der Waals surface area contributed by atoms with Gasteiger partial charge in [-0.1, -0.05) is 42.5 Å². The number of halogens is 1. The number of rotatable bonds is 6. The Hall–Kier alpha value is -2.92. The Bertz CT molecular complexity index is 970. The van der Waals surface area contributed by atoms with Crippen molar-refractivity contribution in [3.8, 4) is 11.3 Å². The largest absolute Gasteiger partial charge is 0.461 e. The van der Waals surface area contributed by atoms with Gasteiger partial charge in [-0.3, -0.25) is 9.69 Å². The molecule has 0 bridgehead atoms. The third-order valence-corrected chi connectivity index (χ3v) is 5.58. The van der Waals surface area contributed by atoms with Crippen molar-refractivity contribution in [2.45, 2.75) is 25.8 Å². The van der Waals surface area contributed by atoms with Crippen molar-refractivity contribution >= 4 is 5.91 Å². The van der Waals surface area contributed by atoms with Gasteiger partial charge in [0.15, 0.2) is 0 Å². The Balaban J connectivity index is 1.28. The van der Waals surface area contributed by atoms with E-state index in [1.54, 1.807) is 24.3 Å². The lowest BCUT2D eigenvalue weighted by Gasteiger charge is -2.22. The van der Waals surface area contributed by atoms with E-state index in [1.165, 1.54) is 11.6 Å². The smallest absolute Gasteiger partial charge is 0.223 e. The van der Waals surface area contributed by atoms with E-state index in [4.69, 9.17) is 4.42 Å². The molecule has 30 heavy (non-hydrogen) atoms. The predicted octanol–water partition coefficient (Wildman–Crippen LogP) is 4.75. The Kier molecular flexibility index (Phi) is 6.60. The predicted molar refractivity (Wildman–Crippen MR) is 115 cm³/mol. The molecule has 1 aromatic heterocycles. The fourth-order valence-corrected chi connectivity index (χ4v) is 3.93. The topological polar surface area (TPSA) is 36.7 Å². The summed E-state index contributed by atoms with van der Waals surface area (Å²) in [6.07, 6.45) is 1.91. The van der Waals surface area contributed by atoms with E-state index in [0.29, 0.717) is 29.9 Å². The molecule has 4 nitrogen and oxygen atoms in total. The molecular formula is C25H27FN2O2. The van der Waals surface area contributed by atoms with Crippen molar-refractivity contribution in [1.29, 1.82) is 0 Å². The van der Waals surface area contributed by atoms with E-state index < -0.39 is 0 Å². The van der Waals surface area contributed by atoms with Crippen molar-refractivity contribution in [1.82, 2.24) is 9.80 Å². The van der Waals surface area contributed by atoms with E-state index in [2.05, 4.69) is 29.2 Å². The molecule has 0 aliphatic carbocycles. The maximum absolute atomic E-state index is 13.9. The van der Waals surface area contributed by atoms with Crippen molar-refractivity contribution in [2.24, 2.45) is 0 Å². The summed E-state index contributed by atoms with van der Waals surface area (Å²) in [4.78, 5) is 17.1. The molecule has 0 unspecified atom stereocenters. The van der Waals surface area contributed by atoms with Crippen molar-refractivity contribution in [3.63, 3.8) is 0 Å². The molecule has 1 aliphatic rings. The summed E-state index contributed by atoms with van der Waals surface area (Å²) in [5.41, 5.74) is 1.75. The van der Waals surface area contributed by atoms with E-state index in [0.717, 1.165) is 39.1 Å². The number of nitrogens with zero attached hydrogens (tertiary/aromatic N) is 2. The summed E-state index contributed by atoms with van der Waals surface area (Å²) in [6.45, 7) is 4.36. The van der Waals surface area contributed by atoms with Crippen LogP contribution in [0.3, 0.4) is 0 Å². The molecule has 156 valence electrons. The van der Waals surface area contributed by atoms with E-state index in [1.807, 2.05) is 17.0 Å². The highest BCUT2D eigenvalue weighted by atomic mass is 19.1. The van der Waals surface area contributed by atoms with Crippen LogP contribution < -0.4 is 0 Å². The minimum absolute atomic E-state index is 0.153. The lowest BCUT2D eigenvalue weighted by atomic mass is 10.1. The van der Waals surface area contributed by atoms with Crippen molar-refractivity contribution < 1.29 is 13.6 Å². The highest BCUT2D eigenvalue weighted by Gasteiger charge is 2.19. The van der Waals surface area contributed by atoms with Gasteiger partial charge in [0.05, 0.1) is 5.56 Å². The van der Waals surface area contributed by atoms with Crippen LogP contribution in [-0.2, 0) is 17.8 Å². The molecule has 1 saturated heterocycles. The van der Waals surface area contributed by atoms with Crippen LogP contribution in [0, 0.1) is 5.82 Å². The van der Waals surface area contributed by atoms with E-state index in [9.17, 15) is 9.18 Å². The average molecular weight is 407 g/mol. The van der Waals surface area contributed by atoms with Crippen LogP contribution in [0.25, 0.3) is 11.3 Å². The SMILES string of the molecule is O=C(CCc1ccc(-c2ccccc2F)o1)N1CCCN(Cc2ccccc2)CC1. The van der Waals surface area contributed by atoms with Gasteiger partial charge in [-0.15, -0.1) is 0 Å². The molecule has 1 aliphatic heterocycles. The fraction of sp³-hybridized carbons (Fsp3) is 0.320. The van der Waals surface area contributed by atoms with Gasteiger partial charge in [0.1, 0.15) is 17.3 Å². The zero-order chi connectivity index (χ0) is 20.8. The fourth-order valence-electron chi connectivity index (χ4n) is 3.93. The van der Waals surface area contributed by atoms with Gasteiger partial charge in [0, 0.05) is 45.6 Å². The number of furan rings is 1. The average Bonchev–Trinajstić information content (AvgIpc) is 3.11. The van der Waals surface area contributed by atoms with Gasteiger partial charge < -0.3 is 9.32 Å². The molecule has 0 radical (unpaired) electrons. The molecule has 3 aromatic rings. The highest BCUT2D eigenvalue weighted by Crippen LogP contribution is 2.25. The van der Waals surface area contributed by atoms with Gasteiger partial charge in [0.25, 0.3) is 0 Å². The lowest BCUT2D eigenvalue weighted by Crippen LogP contribution is -2.35. The second kappa shape index (κ2) is 9.72. The Labute approximate surface area is 176 Å². The lowest BCUT2D eigenvalue weighted by molar-refractivity contribution is -0.131. The summed E-state index contributed by atoms with van der Waals surface area (Å²) in [5.74, 6) is 1.06. The number of carbonyl (C=O) groups excluding carboxylic acids is 1. The molecule has 0 N–H and O–H groups in total. The maximum Gasteiger partial charge on any atom is 0.223 e. The summed E-state index contributed by atoms with van der Waals surface area (Å²) < 4.78 is 19.7. The first kappa shape index (κ1) is 20.4. The Morgan fingerprint density at radius 3 is 2.53 bits per heavy atom. The first-order valence-corrected chi connectivity index (χ1v) is 10.6. The van der Waals surface area contributed by atoms with Crippen LogP contribution in [0.5, 0.6) is 0 Å². The normalized spacial score (nSPS) is 15.2. The van der Waals surface area contributed by atoms with E-state index in [-0.39, 0.29) is 11.7 Å². The molecule has 0 atom stereocenters. The van der Waals surface area contributed by atoms with Gasteiger partial charge in [-0.2, -0.15) is 0 Å². The molecule has 0 spiro atoms. The van der Waals surface area contributed by atoms with Gasteiger partial charge in [-0.25, -0.2) is 4.39 Å². The summed E-state index contributed by atoms with van der Waals surface area (Å²) >= 11 is 0. The van der Waals surface area contributed by atoms with Gasteiger partial charge in [-0.05, 0) is 36.2 Å². The van der Waals surface area contributed by atoms with Crippen LogP contribution in [0.4, 0.5) is 4.39 Å². The summed E-state index contributed by atoms with van der Waals surface area (Å²) in [5, 5.41) is 0. The number of amides is 1. The Morgan fingerprint density at radius 2 is 1.70 bits per heavy atom. The van der Waals surface area contributed by atoms with Crippen molar-refractivity contribution in [3.05, 3.63) is 83.9 Å². The second-order valence-corrected chi connectivity index (χ2v) is 7.74. The molecule has 0 saturated carbocycles. The zero-order valence-electron chi connectivity index (χ0n) is 17.1. The minimum atomic E-state index is -0.306. The molecule has 2 heterocycles. The van der Waals surface area contributed by atoms with Gasteiger partial charge >= 0.3 is 0 Å². The monoisotopic (exact) mass is 406 g/mol. The number of carbonyl (C=O) groups is 1. The van der Waals surface area contributed by atoms with Crippen LogP contribution in [0.15, 0.2) is 71.1 Å². The molecule has 1 fully saturated rings. The number of benzene rings is 2. The third kappa shape index (κ3) is 5.16. The third-order valence-electron chi connectivity index (χ3n) is 5.58. The van der Waals surface area contributed by atoms with Crippen molar-refractivity contribution in [2.75, 3.05) is 26.2 Å². The van der Waals surface area contributed by atoms with E-state index >= 15 is 0 Å². The molecule has 5 heteroatoms. The number of hydrogen-bond donors (Lipinski definition) is 0. The van der Waals surface area contributed by atoms with Crippen LogP contribution in [0.2, 0.25) is 0 Å². The maximum atomic E-state index is 13.9. The molecular weight excluding hydrogens is 379 g/mol.